The molecule has 0 unspecified atom stereocenters. The molecule has 1 saturated carbocycles. The van der Waals surface area contributed by atoms with E-state index in [1.54, 1.807) is 12.4 Å². The quantitative estimate of drug-likeness (QED) is 0.457. The van der Waals surface area contributed by atoms with E-state index in [0.29, 0.717) is 26.5 Å². The van der Waals surface area contributed by atoms with Gasteiger partial charge in [0.1, 0.15) is 11.3 Å². The molecule has 0 radical (unpaired) electrons. The molecule has 1 fully saturated rings. The number of aromatic nitrogens is 5. The zero-order valence-corrected chi connectivity index (χ0v) is 17.3. The Morgan fingerprint density at radius 1 is 1.23 bits per heavy atom. The Balaban J connectivity index is 1.27. The highest BCUT2D eigenvalue weighted by atomic mass is 35.5. The van der Waals surface area contributed by atoms with Crippen molar-refractivity contribution < 1.29 is 9.18 Å². The Kier molecular flexibility index (Phi) is 4.75. The van der Waals surface area contributed by atoms with E-state index < -0.39 is 0 Å². The first-order chi connectivity index (χ1) is 14.5. The van der Waals surface area contributed by atoms with Crippen molar-refractivity contribution in [1.82, 2.24) is 24.5 Å². The van der Waals surface area contributed by atoms with Crippen LogP contribution in [0, 0.1) is 11.7 Å². The maximum absolute atomic E-state index is 13.4. The Morgan fingerprint density at radius 2 is 2.03 bits per heavy atom. The van der Waals surface area contributed by atoms with E-state index in [2.05, 4.69) is 25.3 Å². The number of rotatable bonds is 3. The predicted molar refractivity (Wildman–Crippen MR) is 114 cm³/mol. The number of nitrogens with two attached hydrogens (primary N) is 1. The number of fused-ring (bicyclic) bond motifs is 2. The Bertz CT molecular complexity index is 1260. The Morgan fingerprint density at radius 3 is 2.83 bits per heavy atom. The number of amides is 1. The molecule has 1 aliphatic rings. The minimum Gasteiger partial charge on any atom is -0.382 e. The van der Waals surface area contributed by atoms with Crippen LogP contribution >= 0.6 is 22.9 Å². The summed E-state index contributed by atoms with van der Waals surface area (Å²) >= 11 is 7.22. The van der Waals surface area contributed by atoms with Crippen molar-refractivity contribution in [2.24, 2.45) is 5.92 Å². The summed E-state index contributed by atoms with van der Waals surface area (Å²) < 4.78 is 16.0. The molecule has 5 rings (SSSR count). The number of nitrogens with one attached hydrogen (secondary N) is 1. The van der Waals surface area contributed by atoms with Gasteiger partial charge in [-0.25, -0.2) is 14.4 Å². The zero-order valence-electron chi connectivity index (χ0n) is 15.7. The molecule has 154 valence electrons. The van der Waals surface area contributed by atoms with Crippen LogP contribution in [0.15, 0.2) is 24.5 Å². The third-order valence-corrected chi connectivity index (χ3v) is 6.57. The van der Waals surface area contributed by atoms with Gasteiger partial charge in [0.2, 0.25) is 11.2 Å². The number of carbonyl (C=O) groups is 1. The van der Waals surface area contributed by atoms with E-state index in [4.69, 9.17) is 17.3 Å². The summed E-state index contributed by atoms with van der Waals surface area (Å²) in [5, 5.41) is 3.47. The van der Waals surface area contributed by atoms with E-state index in [1.165, 1.54) is 23.5 Å². The topological polar surface area (TPSA) is 112 Å². The molecule has 0 aliphatic heterocycles. The van der Waals surface area contributed by atoms with E-state index in [1.807, 2.05) is 4.57 Å². The number of imidazole rings is 1. The van der Waals surface area contributed by atoms with Crippen LogP contribution in [0.2, 0.25) is 5.28 Å². The van der Waals surface area contributed by atoms with Crippen molar-refractivity contribution in [2.75, 3.05) is 11.1 Å². The molecule has 1 aliphatic carbocycles. The van der Waals surface area contributed by atoms with Crippen LogP contribution in [0.25, 0.3) is 21.4 Å². The van der Waals surface area contributed by atoms with Crippen molar-refractivity contribution >= 4 is 61.2 Å². The van der Waals surface area contributed by atoms with E-state index in [-0.39, 0.29) is 34.8 Å². The number of hydrogen-bond donors (Lipinski definition) is 2. The Hall–Kier alpha value is -2.85. The van der Waals surface area contributed by atoms with Crippen LogP contribution in [0.4, 0.5) is 15.3 Å². The smallest absolute Gasteiger partial charge is 0.229 e. The number of thiazole rings is 1. The molecule has 30 heavy (non-hydrogen) atoms. The highest BCUT2D eigenvalue weighted by Gasteiger charge is 2.29. The molecule has 0 atom stereocenters. The lowest BCUT2D eigenvalue weighted by atomic mass is 9.85. The van der Waals surface area contributed by atoms with Gasteiger partial charge in [-0.2, -0.15) is 9.97 Å². The number of nitrogen functional groups attached to an aromatic ring is 1. The fourth-order valence-corrected chi connectivity index (χ4v) is 5.02. The Labute approximate surface area is 179 Å². The van der Waals surface area contributed by atoms with Crippen molar-refractivity contribution in [1.29, 1.82) is 0 Å². The second-order valence-corrected chi connectivity index (χ2v) is 8.70. The molecular weight excluding hydrogens is 429 g/mol. The number of carbonyl (C=O) groups excluding carboxylic acids is 1. The zero-order chi connectivity index (χ0) is 20.8. The van der Waals surface area contributed by atoms with Gasteiger partial charge in [-0.1, -0.05) is 11.3 Å². The van der Waals surface area contributed by atoms with E-state index in [0.717, 1.165) is 25.7 Å². The summed E-state index contributed by atoms with van der Waals surface area (Å²) in [7, 11) is 0. The standard InChI is InChI=1S/C19H17ClFN7OS/c20-18-25-15(22)14-16(26-18)28(8-23-14)11-4-1-9(2-5-11)17(29)27-19-24-12-6-3-10(21)7-13(12)30-19/h3,6-9,11H,1-2,4-5H2,(H2,22,25,26)(H,24,27,29). The van der Waals surface area contributed by atoms with Gasteiger partial charge in [0.25, 0.3) is 0 Å². The average Bonchev–Trinajstić information content (AvgIpc) is 3.31. The van der Waals surface area contributed by atoms with Crippen LogP contribution in [0.1, 0.15) is 31.7 Å². The molecule has 3 heterocycles. The van der Waals surface area contributed by atoms with Gasteiger partial charge < -0.3 is 15.6 Å². The first kappa shape index (κ1) is 19.1. The molecular formula is C19H17ClFN7OS. The molecule has 4 aromatic rings. The number of hydrogen-bond acceptors (Lipinski definition) is 7. The lowest BCUT2D eigenvalue weighted by Gasteiger charge is -2.28. The summed E-state index contributed by atoms with van der Waals surface area (Å²) in [5.41, 5.74) is 7.70. The molecule has 0 spiro atoms. The average molecular weight is 446 g/mol. The van der Waals surface area contributed by atoms with Gasteiger partial charge in [-0.15, -0.1) is 0 Å². The molecule has 1 aromatic carbocycles. The first-order valence-corrected chi connectivity index (χ1v) is 10.7. The van der Waals surface area contributed by atoms with Crippen LogP contribution in [0.3, 0.4) is 0 Å². The number of benzene rings is 1. The summed E-state index contributed by atoms with van der Waals surface area (Å²) in [6.07, 6.45) is 4.76. The maximum Gasteiger partial charge on any atom is 0.229 e. The highest BCUT2D eigenvalue weighted by molar-refractivity contribution is 7.22. The second kappa shape index (κ2) is 7.44. The SMILES string of the molecule is Nc1nc(Cl)nc2c1ncn2C1CCC(C(=O)Nc2nc3ccc(F)cc3s2)CC1. The first-order valence-electron chi connectivity index (χ1n) is 9.50. The summed E-state index contributed by atoms with van der Waals surface area (Å²) in [4.78, 5) is 29.6. The van der Waals surface area contributed by atoms with Crippen LogP contribution in [0.5, 0.6) is 0 Å². The van der Waals surface area contributed by atoms with Crippen LogP contribution < -0.4 is 11.1 Å². The lowest BCUT2D eigenvalue weighted by Crippen LogP contribution is -2.28. The lowest BCUT2D eigenvalue weighted by molar-refractivity contribution is -0.120. The third kappa shape index (κ3) is 3.46. The van der Waals surface area contributed by atoms with E-state index in [9.17, 15) is 9.18 Å². The van der Waals surface area contributed by atoms with E-state index >= 15 is 0 Å². The van der Waals surface area contributed by atoms with Crippen molar-refractivity contribution in [2.45, 2.75) is 31.7 Å². The van der Waals surface area contributed by atoms with Crippen LogP contribution in [-0.4, -0.2) is 30.4 Å². The van der Waals surface area contributed by atoms with Crippen molar-refractivity contribution in [3.05, 3.63) is 35.6 Å². The normalized spacial score (nSPS) is 19.4. The second-order valence-electron chi connectivity index (χ2n) is 7.33. The van der Waals surface area contributed by atoms with Gasteiger partial charge in [-0.05, 0) is 55.5 Å². The van der Waals surface area contributed by atoms with Crippen LogP contribution in [-0.2, 0) is 4.79 Å². The maximum atomic E-state index is 13.4. The minimum atomic E-state index is -0.317. The fraction of sp³-hybridized carbons (Fsp3) is 0.316. The summed E-state index contributed by atoms with van der Waals surface area (Å²) in [6.45, 7) is 0. The fourth-order valence-electron chi connectivity index (χ4n) is 3.95. The summed E-state index contributed by atoms with van der Waals surface area (Å²) in [5.74, 6) is -0.226. The number of nitrogens with zero attached hydrogens (tertiary/aromatic N) is 5. The summed E-state index contributed by atoms with van der Waals surface area (Å²) in [6, 6.07) is 4.56. The monoisotopic (exact) mass is 445 g/mol. The number of halogens is 2. The largest absolute Gasteiger partial charge is 0.382 e. The third-order valence-electron chi connectivity index (χ3n) is 5.46. The van der Waals surface area contributed by atoms with Gasteiger partial charge in [0.05, 0.1) is 16.5 Å². The van der Waals surface area contributed by atoms with Gasteiger partial charge in [-0.3, -0.25) is 4.79 Å². The molecule has 1 amide bonds. The molecule has 3 aromatic heterocycles. The molecule has 3 N–H and O–H groups in total. The minimum absolute atomic E-state index is 0.0573. The highest BCUT2D eigenvalue weighted by Crippen LogP contribution is 2.35. The molecule has 0 bridgehead atoms. The van der Waals surface area contributed by atoms with Crippen molar-refractivity contribution in [3.63, 3.8) is 0 Å². The van der Waals surface area contributed by atoms with Crippen molar-refractivity contribution in [3.8, 4) is 0 Å². The molecule has 8 nitrogen and oxygen atoms in total. The predicted octanol–water partition coefficient (Wildman–Crippen LogP) is 4.18. The van der Waals surface area contributed by atoms with Gasteiger partial charge in [0, 0.05) is 12.0 Å². The van der Waals surface area contributed by atoms with Gasteiger partial charge in [0.15, 0.2) is 16.6 Å². The van der Waals surface area contributed by atoms with Gasteiger partial charge >= 0.3 is 0 Å². The number of anilines is 2. The molecule has 11 heteroatoms. The molecule has 0 saturated heterocycles.